The summed E-state index contributed by atoms with van der Waals surface area (Å²) in [5, 5.41) is 4.94. The fraction of sp³-hybridized carbons (Fsp3) is 0.529. The number of hydrogen-bond donors (Lipinski definition) is 2. The van der Waals surface area contributed by atoms with E-state index < -0.39 is 0 Å². The molecule has 1 aromatic heterocycles. The molecule has 0 bridgehead atoms. The van der Waals surface area contributed by atoms with Gasteiger partial charge >= 0.3 is 0 Å². The first kappa shape index (κ1) is 14.6. The zero-order valence-corrected chi connectivity index (χ0v) is 12.8. The Hall–Kier alpha value is -1.36. The average Bonchev–Trinajstić information content (AvgIpc) is 2.96. The number of ether oxygens (including phenoxy) is 1. The third kappa shape index (κ3) is 3.64. The van der Waals surface area contributed by atoms with Crippen molar-refractivity contribution in [3.8, 4) is 0 Å². The largest absolute Gasteiger partial charge is 0.379 e. The number of fused-ring (bicyclic) bond motifs is 1. The van der Waals surface area contributed by atoms with Gasteiger partial charge in [0.1, 0.15) is 0 Å². The highest BCUT2D eigenvalue weighted by atomic mass is 16.5. The maximum absolute atomic E-state index is 5.37. The first-order chi connectivity index (χ1) is 10.3. The van der Waals surface area contributed by atoms with Crippen molar-refractivity contribution in [2.75, 3.05) is 45.9 Å². The molecule has 0 radical (unpaired) electrons. The summed E-state index contributed by atoms with van der Waals surface area (Å²) in [4.78, 5) is 5.83. The van der Waals surface area contributed by atoms with E-state index in [1.807, 2.05) is 0 Å². The Morgan fingerprint density at radius 1 is 1.29 bits per heavy atom. The van der Waals surface area contributed by atoms with Crippen LogP contribution in [0.4, 0.5) is 0 Å². The predicted molar refractivity (Wildman–Crippen MR) is 86.8 cm³/mol. The van der Waals surface area contributed by atoms with Gasteiger partial charge in [-0.3, -0.25) is 4.90 Å². The van der Waals surface area contributed by atoms with Crippen molar-refractivity contribution in [1.82, 2.24) is 15.2 Å². The molecular formula is C17H25N3O. The maximum atomic E-state index is 5.37. The molecule has 2 aromatic rings. The summed E-state index contributed by atoms with van der Waals surface area (Å²) < 4.78 is 5.37. The lowest BCUT2D eigenvalue weighted by Gasteiger charge is -2.26. The molecule has 0 saturated carbocycles. The maximum Gasteiger partial charge on any atom is 0.0594 e. The van der Waals surface area contributed by atoms with E-state index in [2.05, 4.69) is 52.6 Å². The smallest absolute Gasteiger partial charge is 0.0594 e. The van der Waals surface area contributed by atoms with Crippen LogP contribution in [0.2, 0.25) is 0 Å². The quantitative estimate of drug-likeness (QED) is 0.800. The molecule has 2 N–H and O–H groups in total. The molecule has 1 fully saturated rings. The van der Waals surface area contributed by atoms with Crippen molar-refractivity contribution < 1.29 is 4.74 Å². The molecule has 0 aliphatic carbocycles. The molecule has 4 nitrogen and oxygen atoms in total. The van der Waals surface area contributed by atoms with Gasteiger partial charge in [-0.15, -0.1) is 0 Å². The number of rotatable bonds is 6. The van der Waals surface area contributed by atoms with Crippen LogP contribution in [-0.2, 0) is 4.74 Å². The third-order valence-electron chi connectivity index (χ3n) is 4.31. The summed E-state index contributed by atoms with van der Waals surface area (Å²) in [5.41, 5.74) is 2.64. The van der Waals surface area contributed by atoms with Gasteiger partial charge in [-0.2, -0.15) is 0 Å². The van der Waals surface area contributed by atoms with Gasteiger partial charge < -0.3 is 15.0 Å². The lowest BCUT2D eigenvalue weighted by Crippen LogP contribution is -2.40. The molecule has 1 unspecified atom stereocenters. The van der Waals surface area contributed by atoms with E-state index in [1.54, 1.807) is 0 Å². The molecule has 0 amide bonds. The summed E-state index contributed by atoms with van der Waals surface area (Å²) in [5.74, 6) is 0.519. The number of benzene rings is 1. The van der Waals surface area contributed by atoms with Crippen molar-refractivity contribution in [2.24, 2.45) is 0 Å². The normalized spacial score (nSPS) is 18.1. The van der Waals surface area contributed by atoms with Gasteiger partial charge in [0.05, 0.1) is 13.2 Å². The number of nitrogens with zero attached hydrogens (tertiary/aromatic N) is 1. The van der Waals surface area contributed by atoms with Crippen molar-refractivity contribution in [3.05, 3.63) is 36.0 Å². The number of nitrogens with one attached hydrogen (secondary N) is 2. The lowest BCUT2D eigenvalue weighted by atomic mass is 10.0. The number of H-pyrrole nitrogens is 1. The van der Waals surface area contributed by atoms with Gasteiger partial charge in [0.15, 0.2) is 0 Å². The van der Waals surface area contributed by atoms with E-state index in [0.29, 0.717) is 5.92 Å². The number of para-hydroxylation sites is 1. The number of morpholine rings is 1. The Kier molecular flexibility index (Phi) is 4.91. The van der Waals surface area contributed by atoms with Crippen LogP contribution in [0, 0.1) is 0 Å². The Bertz CT molecular complexity index is 560. The second-order valence-electron chi connectivity index (χ2n) is 5.85. The highest BCUT2D eigenvalue weighted by Crippen LogP contribution is 2.24. The van der Waals surface area contributed by atoms with Crippen LogP contribution in [0.5, 0.6) is 0 Å². The van der Waals surface area contributed by atoms with E-state index in [0.717, 1.165) is 45.9 Å². The predicted octanol–water partition coefficient (Wildman–Crippen LogP) is 2.19. The highest BCUT2D eigenvalue weighted by molar-refractivity contribution is 5.83. The Morgan fingerprint density at radius 3 is 2.95 bits per heavy atom. The van der Waals surface area contributed by atoms with E-state index in [-0.39, 0.29) is 0 Å². The molecular weight excluding hydrogens is 262 g/mol. The van der Waals surface area contributed by atoms with E-state index in [1.165, 1.54) is 16.5 Å². The van der Waals surface area contributed by atoms with E-state index in [4.69, 9.17) is 4.74 Å². The zero-order valence-electron chi connectivity index (χ0n) is 12.8. The monoisotopic (exact) mass is 287 g/mol. The molecule has 2 heterocycles. The van der Waals surface area contributed by atoms with Crippen LogP contribution in [0.3, 0.4) is 0 Å². The molecule has 1 saturated heterocycles. The van der Waals surface area contributed by atoms with Crippen molar-refractivity contribution in [3.63, 3.8) is 0 Å². The van der Waals surface area contributed by atoms with E-state index in [9.17, 15) is 0 Å². The van der Waals surface area contributed by atoms with Crippen LogP contribution in [0.15, 0.2) is 30.5 Å². The summed E-state index contributed by atoms with van der Waals surface area (Å²) in [6.07, 6.45) is 2.15. The van der Waals surface area contributed by atoms with Gasteiger partial charge in [-0.25, -0.2) is 0 Å². The number of aromatic amines is 1. The minimum Gasteiger partial charge on any atom is -0.379 e. The van der Waals surface area contributed by atoms with Gasteiger partial charge in [0.25, 0.3) is 0 Å². The van der Waals surface area contributed by atoms with Gasteiger partial charge in [-0.05, 0) is 17.5 Å². The van der Waals surface area contributed by atoms with Crippen LogP contribution in [0.25, 0.3) is 10.9 Å². The molecule has 1 aromatic carbocycles. The lowest BCUT2D eigenvalue weighted by molar-refractivity contribution is 0.0384. The summed E-state index contributed by atoms with van der Waals surface area (Å²) >= 11 is 0. The third-order valence-corrected chi connectivity index (χ3v) is 4.31. The summed E-state index contributed by atoms with van der Waals surface area (Å²) in [7, 11) is 0. The molecule has 3 rings (SSSR count). The molecule has 114 valence electrons. The minimum atomic E-state index is 0.519. The van der Waals surface area contributed by atoms with Gasteiger partial charge in [-0.1, -0.05) is 25.1 Å². The first-order valence-electron chi connectivity index (χ1n) is 7.91. The molecule has 0 spiro atoms. The van der Waals surface area contributed by atoms with Crippen molar-refractivity contribution in [1.29, 1.82) is 0 Å². The van der Waals surface area contributed by atoms with Crippen molar-refractivity contribution >= 4 is 10.9 Å². The number of hydrogen-bond acceptors (Lipinski definition) is 3. The SMILES string of the molecule is CC(CNCCN1CCOCC1)c1c[nH]c2ccccc12. The van der Waals surface area contributed by atoms with Crippen LogP contribution in [-0.4, -0.2) is 55.8 Å². The van der Waals surface area contributed by atoms with Crippen LogP contribution < -0.4 is 5.32 Å². The summed E-state index contributed by atoms with van der Waals surface area (Å²) in [6.45, 7) is 9.37. The number of aromatic nitrogens is 1. The zero-order chi connectivity index (χ0) is 14.5. The highest BCUT2D eigenvalue weighted by Gasteiger charge is 2.12. The molecule has 1 atom stereocenters. The Labute approximate surface area is 126 Å². The molecule has 4 heteroatoms. The second kappa shape index (κ2) is 7.07. The second-order valence-corrected chi connectivity index (χ2v) is 5.85. The fourth-order valence-electron chi connectivity index (χ4n) is 2.99. The molecule has 1 aliphatic heterocycles. The van der Waals surface area contributed by atoms with Crippen LogP contribution in [0.1, 0.15) is 18.4 Å². The van der Waals surface area contributed by atoms with Gasteiger partial charge in [0, 0.05) is 49.8 Å². The Morgan fingerprint density at radius 2 is 2.10 bits per heavy atom. The fourth-order valence-corrected chi connectivity index (χ4v) is 2.99. The van der Waals surface area contributed by atoms with Gasteiger partial charge in [0.2, 0.25) is 0 Å². The topological polar surface area (TPSA) is 40.3 Å². The standard InChI is InChI=1S/C17H25N3O/c1-14(12-18-6-7-20-8-10-21-11-9-20)16-13-19-17-5-3-2-4-15(16)17/h2-5,13-14,18-19H,6-12H2,1H3. The minimum absolute atomic E-state index is 0.519. The van der Waals surface area contributed by atoms with Crippen molar-refractivity contribution in [2.45, 2.75) is 12.8 Å². The summed E-state index contributed by atoms with van der Waals surface area (Å²) in [6, 6.07) is 8.52. The van der Waals surface area contributed by atoms with Crippen LogP contribution >= 0.6 is 0 Å². The Balaban J connectivity index is 1.46. The molecule has 21 heavy (non-hydrogen) atoms. The first-order valence-corrected chi connectivity index (χ1v) is 7.91. The molecule has 1 aliphatic rings. The average molecular weight is 287 g/mol. The van der Waals surface area contributed by atoms with E-state index >= 15 is 0 Å².